The van der Waals surface area contributed by atoms with E-state index in [0.29, 0.717) is 38.4 Å². The SMILES string of the molecule is Cc1c[nH]c2ccc(CNC(=O)Cn3c(C)cnc(NCCc4cccc(OC[C@H]5CCCN5C(=O)OC(C)(C)C)c4)c3=O)cc12. The number of ether oxygens (including phenoxy) is 2. The van der Waals surface area contributed by atoms with Crippen LogP contribution in [-0.2, 0) is 29.0 Å². The molecule has 1 fully saturated rings. The highest BCUT2D eigenvalue weighted by Crippen LogP contribution is 2.23. The summed E-state index contributed by atoms with van der Waals surface area (Å²) in [7, 11) is 0. The molecule has 1 atom stereocenters. The predicted octanol–water partition coefficient (Wildman–Crippen LogP) is 5.09. The number of fused-ring (bicyclic) bond motifs is 1. The molecular formula is C35H44N6O5. The van der Waals surface area contributed by atoms with Gasteiger partial charge in [-0.15, -0.1) is 0 Å². The molecule has 1 aliphatic heterocycles. The van der Waals surface area contributed by atoms with E-state index in [-0.39, 0.29) is 36.0 Å². The fourth-order valence-electron chi connectivity index (χ4n) is 5.58. The van der Waals surface area contributed by atoms with E-state index in [1.165, 1.54) is 4.57 Å². The maximum atomic E-state index is 13.2. The molecule has 0 spiro atoms. The van der Waals surface area contributed by atoms with Crippen LogP contribution in [0.5, 0.6) is 5.75 Å². The van der Waals surface area contributed by atoms with E-state index in [9.17, 15) is 14.4 Å². The van der Waals surface area contributed by atoms with Gasteiger partial charge in [-0.1, -0.05) is 18.2 Å². The number of hydrogen-bond donors (Lipinski definition) is 3. The van der Waals surface area contributed by atoms with Crippen LogP contribution in [0.2, 0.25) is 0 Å². The van der Waals surface area contributed by atoms with Gasteiger partial charge in [0.15, 0.2) is 5.82 Å². The molecule has 3 N–H and O–H groups in total. The molecule has 11 heteroatoms. The standard InChI is InChI=1S/C35H44N6O5/c1-23-18-37-30-12-11-26(17-29(23)30)20-38-31(42)21-41-24(2)19-39-32(33(41)43)36-14-13-25-8-6-10-28(16-25)45-22-27-9-7-15-40(27)34(44)46-35(3,4)5/h6,8,10-12,16-19,27,37H,7,9,13-15,20-22H2,1-5H3,(H,36,39)(H,38,42)/t27-/m1/s1. The number of carbonyl (C=O) groups excluding carboxylic acids is 2. The van der Waals surface area contributed by atoms with Gasteiger partial charge in [-0.05, 0) is 94.8 Å². The molecule has 2 aromatic carbocycles. The highest BCUT2D eigenvalue weighted by molar-refractivity contribution is 5.83. The van der Waals surface area contributed by atoms with E-state index >= 15 is 0 Å². The van der Waals surface area contributed by atoms with Crippen molar-refractivity contribution in [1.29, 1.82) is 0 Å². The molecule has 2 amide bonds. The second-order valence-corrected chi connectivity index (χ2v) is 12.9. The summed E-state index contributed by atoms with van der Waals surface area (Å²) in [6.07, 6.45) is 5.68. The minimum Gasteiger partial charge on any atom is -0.491 e. The largest absolute Gasteiger partial charge is 0.491 e. The Balaban J connectivity index is 1.12. The van der Waals surface area contributed by atoms with Crippen LogP contribution in [0.1, 0.15) is 56.0 Å². The summed E-state index contributed by atoms with van der Waals surface area (Å²) in [5.41, 5.74) is 3.94. The number of benzene rings is 2. The van der Waals surface area contributed by atoms with Crippen LogP contribution in [0.25, 0.3) is 10.9 Å². The average Bonchev–Trinajstić information content (AvgIpc) is 3.64. The quantitative estimate of drug-likeness (QED) is 0.211. The van der Waals surface area contributed by atoms with Gasteiger partial charge in [-0.3, -0.25) is 14.2 Å². The molecule has 1 aliphatic rings. The molecule has 3 heterocycles. The van der Waals surface area contributed by atoms with Crippen molar-refractivity contribution in [3.05, 3.63) is 87.6 Å². The van der Waals surface area contributed by atoms with Crippen molar-refractivity contribution in [1.82, 2.24) is 24.8 Å². The van der Waals surface area contributed by atoms with Gasteiger partial charge in [-0.2, -0.15) is 0 Å². The number of likely N-dealkylation sites (tertiary alicyclic amines) is 1. The average molecular weight is 629 g/mol. The van der Waals surface area contributed by atoms with E-state index < -0.39 is 5.60 Å². The number of rotatable bonds is 11. The van der Waals surface area contributed by atoms with Crippen LogP contribution >= 0.6 is 0 Å². The molecule has 0 saturated carbocycles. The Morgan fingerprint density at radius 2 is 1.93 bits per heavy atom. The normalized spacial score (nSPS) is 14.8. The molecule has 2 aromatic heterocycles. The maximum absolute atomic E-state index is 13.2. The van der Waals surface area contributed by atoms with Crippen LogP contribution < -0.4 is 20.9 Å². The number of anilines is 1. The third kappa shape index (κ3) is 8.26. The van der Waals surface area contributed by atoms with E-state index in [4.69, 9.17) is 9.47 Å². The molecule has 0 unspecified atom stereocenters. The Morgan fingerprint density at radius 1 is 1.11 bits per heavy atom. The first-order valence-corrected chi connectivity index (χ1v) is 15.8. The van der Waals surface area contributed by atoms with Crippen LogP contribution in [0.15, 0.2) is 59.7 Å². The van der Waals surface area contributed by atoms with E-state index in [0.717, 1.165) is 46.2 Å². The molecule has 5 rings (SSSR count). The third-order valence-corrected chi connectivity index (χ3v) is 8.05. The Labute approximate surface area is 269 Å². The van der Waals surface area contributed by atoms with Crippen LogP contribution in [0, 0.1) is 13.8 Å². The number of nitrogens with one attached hydrogen (secondary N) is 3. The fraction of sp³-hybridized carbons (Fsp3) is 0.429. The summed E-state index contributed by atoms with van der Waals surface area (Å²) in [5.74, 6) is 0.665. The van der Waals surface area contributed by atoms with Gasteiger partial charge in [0.05, 0.1) is 6.04 Å². The first kappa shape index (κ1) is 32.6. The second kappa shape index (κ2) is 14.1. The maximum Gasteiger partial charge on any atom is 0.410 e. The lowest BCUT2D eigenvalue weighted by Gasteiger charge is -2.28. The number of carbonyl (C=O) groups is 2. The predicted molar refractivity (Wildman–Crippen MR) is 178 cm³/mol. The van der Waals surface area contributed by atoms with Crippen molar-refractivity contribution in [2.45, 2.75) is 78.6 Å². The van der Waals surface area contributed by atoms with Crippen molar-refractivity contribution in [2.75, 3.05) is 25.0 Å². The Hall–Kier alpha value is -4.80. The summed E-state index contributed by atoms with van der Waals surface area (Å²) >= 11 is 0. The first-order valence-electron chi connectivity index (χ1n) is 15.8. The summed E-state index contributed by atoms with van der Waals surface area (Å²) in [5, 5.41) is 7.18. The molecule has 244 valence electrons. The van der Waals surface area contributed by atoms with Crippen molar-refractivity contribution in [3.8, 4) is 5.75 Å². The van der Waals surface area contributed by atoms with Gasteiger partial charge in [0.2, 0.25) is 5.91 Å². The van der Waals surface area contributed by atoms with Crippen LogP contribution in [0.4, 0.5) is 10.6 Å². The molecular weight excluding hydrogens is 584 g/mol. The number of aryl methyl sites for hydroxylation is 2. The van der Waals surface area contributed by atoms with Crippen LogP contribution in [-0.4, -0.2) is 62.8 Å². The van der Waals surface area contributed by atoms with Crippen LogP contribution in [0.3, 0.4) is 0 Å². The zero-order valence-electron chi connectivity index (χ0n) is 27.3. The van der Waals surface area contributed by atoms with E-state index in [1.807, 2.05) is 70.3 Å². The van der Waals surface area contributed by atoms with Crippen molar-refractivity contribution < 1.29 is 19.1 Å². The van der Waals surface area contributed by atoms with Gasteiger partial charge in [0.25, 0.3) is 5.56 Å². The fourth-order valence-corrected chi connectivity index (χ4v) is 5.58. The lowest BCUT2D eigenvalue weighted by Crippen LogP contribution is -2.42. The molecule has 1 saturated heterocycles. The first-order chi connectivity index (χ1) is 22.0. The topological polar surface area (TPSA) is 131 Å². The molecule has 46 heavy (non-hydrogen) atoms. The van der Waals surface area contributed by atoms with Crippen molar-refractivity contribution in [3.63, 3.8) is 0 Å². The highest BCUT2D eigenvalue weighted by Gasteiger charge is 2.32. The van der Waals surface area contributed by atoms with Gasteiger partial charge >= 0.3 is 6.09 Å². The third-order valence-electron chi connectivity index (χ3n) is 8.05. The van der Waals surface area contributed by atoms with Crippen molar-refractivity contribution in [2.24, 2.45) is 0 Å². The second-order valence-electron chi connectivity index (χ2n) is 12.9. The zero-order chi connectivity index (χ0) is 32.8. The summed E-state index contributed by atoms with van der Waals surface area (Å²) < 4.78 is 13.1. The summed E-state index contributed by atoms with van der Waals surface area (Å²) in [4.78, 5) is 47.9. The van der Waals surface area contributed by atoms with Gasteiger partial charge in [-0.25, -0.2) is 9.78 Å². The number of aromatic nitrogens is 3. The van der Waals surface area contributed by atoms with Gasteiger partial charge < -0.3 is 30.0 Å². The van der Waals surface area contributed by atoms with Gasteiger partial charge in [0.1, 0.15) is 24.5 Å². The molecule has 4 aromatic rings. The lowest BCUT2D eigenvalue weighted by atomic mass is 10.1. The van der Waals surface area contributed by atoms with E-state index in [2.05, 4.69) is 26.7 Å². The molecule has 0 bridgehead atoms. The lowest BCUT2D eigenvalue weighted by molar-refractivity contribution is -0.121. The number of aromatic amines is 1. The number of nitrogens with zero attached hydrogens (tertiary/aromatic N) is 3. The Kier molecular flexibility index (Phi) is 9.99. The Morgan fingerprint density at radius 3 is 2.74 bits per heavy atom. The van der Waals surface area contributed by atoms with Gasteiger partial charge in [0, 0.05) is 48.6 Å². The molecule has 0 radical (unpaired) electrons. The number of H-pyrrole nitrogens is 1. The monoisotopic (exact) mass is 628 g/mol. The highest BCUT2D eigenvalue weighted by atomic mass is 16.6. The summed E-state index contributed by atoms with van der Waals surface area (Å²) in [6, 6.07) is 13.8. The minimum atomic E-state index is -0.540. The molecule has 0 aliphatic carbocycles. The van der Waals surface area contributed by atoms with E-state index in [1.54, 1.807) is 18.0 Å². The van der Waals surface area contributed by atoms with Crippen molar-refractivity contribution >= 4 is 28.7 Å². The zero-order valence-corrected chi connectivity index (χ0v) is 27.3. The Bertz CT molecular complexity index is 1750. The minimum absolute atomic E-state index is 0.0322. The number of amides is 2. The summed E-state index contributed by atoms with van der Waals surface area (Å²) in [6.45, 7) is 11.2. The molecule has 11 nitrogen and oxygen atoms in total. The smallest absolute Gasteiger partial charge is 0.410 e. The number of hydrogen-bond acceptors (Lipinski definition) is 7.